The maximum Gasteiger partial charge on any atom is 0.355 e. The molecule has 1 aromatic heterocycles. The van der Waals surface area contributed by atoms with Gasteiger partial charge in [-0.25, -0.2) is 14.5 Å². The van der Waals surface area contributed by atoms with Crippen LogP contribution in [0.25, 0.3) is 0 Å². The summed E-state index contributed by atoms with van der Waals surface area (Å²) in [6.07, 6.45) is 2.19. The summed E-state index contributed by atoms with van der Waals surface area (Å²) in [6.45, 7) is 1.36. The number of nitrogens with zero attached hydrogens (tertiary/aromatic N) is 2. The first-order valence-corrected chi connectivity index (χ1v) is 8.23. The van der Waals surface area contributed by atoms with Crippen LogP contribution in [0.2, 0.25) is 0 Å². The third kappa shape index (κ3) is 3.72. The van der Waals surface area contributed by atoms with Gasteiger partial charge in [0.15, 0.2) is 5.69 Å². The van der Waals surface area contributed by atoms with Crippen molar-refractivity contribution >= 4 is 27.5 Å². The molecule has 2 rings (SSSR count). The maximum absolute atomic E-state index is 11.8. The molecule has 1 aliphatic heterocycles. The molecule has 0 unspecified atom stereocenters. The Hall–Kier alpha value is -1.03. The van der Waals surface area contributed by atoms with Crippen LogP contribution in [0.5, 0.6) is 0 Å². The molecule has 0 aromatic carbocycles. The molecule has 2 N–H and O–H groups in total. The van der Waals surface area contributed by atoms with E-state index in [1.165, 1.54) is 21.0 Å². The molecular formula is C10H15N3O4S2. The van der Waals surface area contributed by atoms with E-state index in [9.17, 15) is 13.2 Å². The number of hydrogen-bond acceptors (Lipinski definition) is 5. The van der Waals surface area contributed by atoms with Crippen molar-refractivity contribution in [3.8, 4) is 0 Å². The molecule has 0 atom stereocenters. The predicted molar refractivity (Wildman–Crippen MR) is 70.5 cm³/mol. The third-order valence-corrected chi connectivity index (χ3v) is 5.32. The van der Waals surface area contributed by atoms with Gasteiger partial charge in [0, 0.05) is 31.4 Å². The Kier molecular flexibility index (Phi) is 4.50. The number of carbonyl (C=O) groups is 1. The summed E-state index contributed by atoms with van der Waals surface area (Å²) in [5.74, 6) is -1.07. The molecule has 2 heterocycles. The Morgan fingerprint density at radius 3 is 2.74 bits per heavy atom. The molecule has 0 aliphatic carbocycles. The van der Waals surface area contributed by atoms with Gasteiger partial charge in [-0.1, -0.05) is 0 Å². The molecule has 19 heavy (non-hydrogen) atoms. The maximum atomic E-state index is 11.8. The molecule has 0 bridgehead atoms. The van der Waals surface area contributed by atoms with Gasteiger partial charge in [0.1, 0.15) is 0 Å². The van der Waals surface area contributed by atoms with Gasteiger partial charge in [0.05, 0.1) is 5.01 Å². The van der Waals surface area contributed by atoms with Crippen LogP contribution >= 0.6 is 11.3 Å². The van der Waals surface area contributed by atoms with Gasteiger partial charge >= 0.3 is 5.97 Å². The zero-order valence-electron chi connectivity index (χ0n) is 10.2. The van der Waals surface area contributed by atoms with E-state index in [0.29, 0.717) is 24.5 Å². The highest BCUT2D eigenvalue weighted by molar-refractivity contribution is 7.87. The lowest BCUT2D eigenvalue weighted by Crippen LogP contribution is -2.39. The van der Waals surface area contributed by atoms with Crippen molar-refractivity contribution in [3.63, 3.8) is 0 Å². The quantitative estimate of drug-likeness (QED) is 0.788. The van der Waals surface area contributed by atoms with Crippen molar-refractivity contribution in [1.29, 1.82) is 0 Å². The molecule has 0 radical (unpaired) electrons. The van der Waals surface area contributed by atoms with Gasteiger partial charge in [-0.2, -0.15) is 12.7 Å². The van der Waals surface area contributed by atoms with E-state index in [0.717, 1.165) is 12.8 Å². The fourth-order valence-corrected chi connectivity index (χ4v) is 3.88. The molecule has 0 spiro atoms. The van der Waals surface area contributed by atoms with E-state index in [-0.39, 0.29) is 12.2 Å². The number of aromatic carboxylic acids is 1. The third-order valence-electron chi connectivity index (χ3n) is 2.80. The lowest BCUT2D eigenvalue weighted by atomic mass is 10.4. The monoisotopic (exact) mass is 305 g/mol. The molecule has 0 saturated carbocycles. The number of carboxylic acid groups (broad SMARTS) is 1. The SMILES string of the molecule is O=C(O)c1csc(CCNS(=O)(=O)N2CCCC2)n1. The number of rotatable bonds is 6. The number of thiazole rings is 1. The van der Waals surface area contributed by atoms with Gasteiger partial charge in [0.25, 0.3) is 10.2 Å². The van der Waals surface area contributed by atoms with Crippen LogP contribution in [0.4, 0.5) is 0 Å². The normalized spacial score (nSPS) is 16.8. The summed E-state index contributed by atoms with van der Waals surface area (Å²) in [5.41, 5.74) is 0.00222. The molecule has 7 nitrogen and oxygen atoms in total. The summed E-state index contributed by atoms with van der Waals surface area (Å²) in [4.78, 5) is 14.5. The number of carboxylic acids is 1. The number of nitrogens with one attached hydrogen (secondary N) is 1. The molecular weight excluding hydrogens is 290 g/mol. The Morgan fingerprint density at radius 1 is 1.47 bits per heavy atom. The van der Waals surface area contributed by atoms with E-state index < -0.39 is 16.2 Å². The number of aromatic nitrogens is 1. The first-order chi connectivity index (χ1) is 8.99. The van der Waals surface area contributed by atoms with Crippen molar-refractivity contribution in [1.82, 2.24) is 14.0 Å². The van der Waals surface area contributed by atoms with Crippen molar-refractivity contribution in [3.05, 3.63) is 16.1 Å². The average molecular weight is 305 g/mol. The highest BCUT2D eigenvalue weighted by atomic mass is 32.2. The summed E-state index contributed by atoms with van der Waals surface area (Å²) in [5, 5.41) is 10.8. The van der Waals surface area contributed by atoms with Gasteiger partial charge in [-0.15, -0.1) is 11.3 Å². The zero-order chi connectivity index (χ0) is 13.9. The molecule has 0 amide bonds. The standard InChI is InChI=1S/C10H15N3O4S2/c14-10(15)8-7-18-9(12-8)3-4-11-19(16,17)13-5-1-2-6-13/h7,11H,1-6H2,(H,14,15). The first kappa shape index (κ1) is 14.4. The van der Waals surface area contributed by atoms with E-state index in [4.69, 9.17) is 5.11 Å². The molecule has 106 valence electrons. The zero-order valence-corrected chi connectivity index (χ0v) is 11.8. The summed E-state index contributed by atoms with van der Waals surface area (Å²) >= 11 is 1.22. The van der Waals surface area contributed by atoms with Crippen molar-refractivity contribution in [2.45, 2.75) is 19.3 Å². The lowest BCUT2D eigenvalue weighted by molar-refractivity contribution is 0.0691. The van der Waals surface area contributed by atoms with E-state index in [2.05, 4.69) is 9.71 Å². The smallest absolute Gasteiger partial charge is 0.355 e. The Bertz CT molecular complexity index is 549. The van der Waals surface area contributed by atoms with E-state index in [1.54, 1.807) is 0 Å². The van der Waals surface area contributed by atoms with Gasteiger partial charge < -0.3 is 5.11 Å². The fraction of sp³-hybridized carbons (Fsp3) is 0.600. The topological polar surface area (TPSA) is 99.6 Å². The van der Waals surface area contributed by atoms with Gasteiger partial charge in [-0.05, 0) is 12.8 Å². The molecule has 1 aromatic rings. The highest BCUT2D eigenvalue weighted by Crippen LogP contribution is 2.12. The van der Waals surface area contributed by atoms with Crippen LogP contribution in [-0.4, -0.2) is 48.4 Å². The highest BCUT2D eigenvalue weighted by Gasteiger charge is 2.24. The van der Waals surface area contributed by atoms with Gasteiger partial charge in [0.2, 0.25) is 0 Å². The second-order valence-corrected chi connectivity index (χ2v) is 6.89. The minimum absolute atomic E-state index is 0.00222. The second-order valence-electron chi connectivity index (χ2n) is 4.19. The first-order valence-electron chi connectivity index (χ1n) is 5.91. The van der Waals surface area contributed by atoms with Crippen LogP contribution in [0.3, 0.4) is 0 Å². The molecule has 1 fully saturated rings. The van der Waals surface area contributed by atoms with Crippen molar-refractivity contribution in [2.75, 3.05) is 19.6 Å². The van der Waals surface area contributed by atoms with Crippen LogP contribution in [0.15, 0.2) is 5.38 Å². The van der Waals surface area contributed by atoms with E-state index >= 15 is 0 Å². The Morgan fingerprint density at radius 2 is 2.16 bits per heavy atom. The fourth-order valence-electron chi connectivity index (χ4n) is 1.83. The second kappa shape index (κ2) is 5.95. The average Bonchev–Trinajstić information content (AvgIpc) is 3.00. The largest absolute Gasteiger partial charge is 0.476 e. The van der Waals surface area contributed by atoms with Crippen molar-refractivity contribution in [2.24, 2.45) is 0 Å². The Balaban J connectivity index is 1.83. The number of hydrogen-bond donors (Lipinski definition) is 2. The molecule has 1 aliphatic rings. The van der Waals surface area contributed by atoms with Crippen LogP contribution < -0.4 is 4.72 Å². The van der Waals surface area contributed by atoms with Crippen LogP contribution in [0.1, 0.15) is 28.3 Å². The van der Waals surface area contributed by atoms with Crippen LogP contribution in [0, 0.1) is 0 Å². The Labute approximate surface area is 115 Å². The van der Waals surface area contributed by atoms with Crippen LogP contribution in [-0.2, 0) is 16.6 Å². The summed E-state index contributed by atoms with van der Waals surface area (Å²) in [6, 6.07) is 0. The molecule has 1 saturated heterocycles. The molecule has 9 heteroatoms. The van der Waals surface area contributed by atoms with Crippen molar-refractivity contribution < 1.29 is 18.3 Å². The van der Waals surface area contributed by atoms with Gasteiger partial charge in [-0.3, -0.25) is 0 Å². The minimum atomic E-state index is -3.40. The minimum Gasteiger partial charge on any atom is -0.476 e. The summed E-state index contributed by atoms with van der Waals surface area (Å²) in [7, 11) is -3.40. The summed E-state index contributed by atoms with van der Waals surface area (Å²) < 4.78 is 27.6. The predicted octanol–water partition coefficient (Wildman–Crippen LogP) is 0.314. The lowest BCUT2D eigenvalue weighted by Gasteiger charge is -2.15. The van der Waals surface area contributed by atoms with E-state index in [1.807, 2.05) is 0 Å².